The third-order valence-corrected chi connectivity index (χ3v) is 10.0. The van der Waals surface area contributed by atoms with Crippen LogP contribution in [0.15, 0.2) is 0 Å². The second kappa shape index (κ2) is 40.1. The van der Waals surface area contributed by atoms with Gasteiger partial charge in [-0.2, -0.15) is 0 Å². The lowest BCUT2D eigenvalue weighted by atomic mass is 10.0. The minimum absolute atomic E-state index is 0.341. The van der Waals surface area contributed by atoms with E-state index < -0.39 is 11.9 Å². The van der Waals surface area contributed by atoms with Gasteiger partial charge in [0.2, 0.25) is 0 Å². The first kappa shape index (κ1) is 44.9. The van der Waals surface area contributed by atoms with Gasteiger partial charge in [0.1, 0.15) is 0 Å². The molecular formula is C42H82O4. The summed E-state index contributed by atoms with van der Waals surface area (Å²) in [5.41, 5.74) is 0. The van der Waals surface area contributed by atoms with Crippen LogP contribution in [-0.2, 0) is 9.59 Å². The van der Waals surface area contributed by atoms with E-state index in [4.69, 9.17) is 10.2 Å². The number of carboxylic acids is 2. The fourth-order valence-electron chi connectivity index (χ4n) is 6.92. The van der Waals surface area contributed by atoms with Crippen molar-refractivity contribution < 1.29 is 19.8 Å². The van der Waals surface area contributed by atoms with Crippen LogP contribution in [0.1, 0.15) is 257 Å². The molecule has 0 rings (SSSR count). The summed E-state index contributed by atoms with van der Waals surface area (Å²) in [4.78, 5) is 21.0. The van der Waals surface area contributed by atoms with Gasteiger partial charge in [0.15, 0.2) is 0 Å². The number of hydrogen-bond acceptors (Lipinski definition) is 2. The number of aliphatic carboxylic acids is 2. The van der Waals surface area contributed by atoms with E-state index in [-0.39, 0.29) is 0 Å². The Bertz CT molecular complexity index is 552. The van der Waals surface area contributed by atoms with Crippen molar-refractivity contribution >= 4 is 11.9 Å². The third kappa shape index (κ3) is 42.9. The molecule has 0 aromatic carbocycles. The van der Waals surface area contributed by atoms with Gasteiger partial charge in [0, 0.05) is 12.8 Å². The SMILES string of the molecule is O=C(O)CCCCCCCCCCCCCCCCCCCCCCCCCCCCCCCCCCCCCCCCC(=O)O. The average Bonchev–Trinajstić information content (AvgIpc) is 3.03. The van der Waals surface area contributed by atoms with Crippen LogP contribution in [0.2, 0.25) is 0 Å². The maximum Gasteiger partial charge on any atom is 0.303 e. The fourth-order valence-corrected chi connectivity index (χ4v) is 6.92. The van der Waals surface area contributed by atoms with Gasteiger partial charge in [-0.05, 0) is 12.8 Å². The monoisotopic (exact) mass is 651 g/mol. The first-order chi connectivity index (χ1) is 22.6. The van der Waals surface area contributed by atoms with Crippen molar-refractivity contribution in [3.05, 3.63) is 0 Å². The van der Waals surface area contributed by atoms with Crippen LogP contribution in [0.25, 0.3) is 0 Å². The molecular weight excluding hydrogens is 568 g/mol. The van der Waals surface area contributed by atoms with Crippen molar-refractivity contribution in [2.24, 2.45) is 0 Å². The van der Waals surface area contributed by atoms with E-state index in [1.807, 2.05) is 0 Å². The summed E-state index contributed by atoms with van der Waals surface area (Å²) in [5, 5.41) is 17.3. The van der Waals surface area contributed by atoms with Gasteiger partial charge in [0.05, 0.1) is 0 Å². The number of rotatable bonds is 41. The lowest BCUT2D eigenvalue weighted by Gasteiger charge is -2.05. The topological polar surface area (TPSA) is 74.6 Å². The molecule has 0 fully saturated rings. The molecule has 0 aromatic heterocycles. The molecule has 0 unspecified atom stereocenters. The molecule has 0 atom stereocenters. The van der Waals surface area contributed by atoms with Crippen LogP contribution in [0.4, 0.5) is 0 Å². The maximum atomic E-state index is 10.5. The van der Waals surface area contributed by atoms with E-state index >= 15 is 0 Å². The quantitative estimate of drug-likeness (QED) is 0.0646. The lowest BCUT2D eigenvalue weighted by molar-refractivity contribution is -0.138. The van der Waals surface area contributed by atoms with E-state index in [0.29, 0.717) is 12.8 Å². The average molecular weight is 651 g/mol. The second-order valence-electron chi connectivity index (χ2n) is 14.7. The smallest absolute Gasteiger partial charge is 0.303 e. The summed E-state index contributed by atoms with van der Waals surface area (Å²) in [6.45, 7) is 0. The van der Waals surface area contributed by atoms with Crippen LogP contribution < -0.4 is 0 Å². The van der Waals surface area contributed by atoms with Crippen molar-refractivity contribution in [3.8, 4) is 0 Å². The fraction of sp³-hybridized carbons (Fsp3) is 0.952. The molecule has 0 spiro atoms. The Morgan fingerprint density at radius 3 is 0.370 bits per heavy atom. The highest BCUT2D eigenvalue weighted by molar-refractivity contribution is 5.66. The van der Waals surface area contributed by atoms with E-state index in [1.54, 1.807) is 0 Å². The zero-order valence-electron chi connectivity index (χ0n) is 31.0. The van der Waals surface area contributed by atoms with Gasteiger partial charge < -0.3 is 10.2 Å². The van der Waals surface area contributed by atoms with Crippen molar-refractivity contribution in [2.45, 2.75) is 257 Å². The van der Waals surface area contributed by atoms with E-state index in [9.17, 15) is 9.59 Å². The minimum atomic E-state index is -0.652. The maximum absolute atomic E-state index is 10.5. The first-order valence-electron chi connectivity index (χ1n) is 21.1. The molecule has 0 aliphatic heterocycles. The lowest BCUT2D eigenvalue weighted by Crippen LogP contribution is -1.93. The van der Waals surface area contributed by atoms with Crippen LogP contribution in [0.5, 0.6) is 0 Å². The molecule has 0 bridgehead atoms. The minimum Gasteiger partial charge on any atom is -0.481 e. The number of unbranched alkanes of at least 4 members (excludes halogenated alkanes) is 37. The Hall–Kier alpha value is -1.06. The highest BCUT2D eigenvalue weighted by Crippen LogP contribution is 2.17. The molecule has 2 N–H and O–H groups in total. The van der Waals surface area contributed by atoms with Crippen molar-refractivity contribution in [3.63, 3.8) is 0 Å². The molecule has 0 saturated carbocycles. The molecule has 4 heteroatoms. The standard InChI is InChI=1S/C42H82O4/c43-41(44)39-37-35-33-31-29-27-25-23-21-19-17-15-13-11-9-7-5-3-1-2-4-6-8-10-12-14-16-18-20-22-24-26-28-30-32-34-36-38-40-42(45)46/h1-40H2,(H,43,44)(H,45,46). The zero-order chi connectivity index (χ0) is 33.4. The molecule has 0 amide bonds. The molecule has 46 heavy (non-hydrogen) atoms. The Kier molecular flexibility index (Phi) is 39.2. The molecule has 0 aromatic rings. The predicted molar refractivity (Wildman–Crippen MR) is 200 cm³/mol. The molecule has 0 heterocycles. The number of carboxylic acid groups (broad SMARTS) is 2. The summed E-state index contributed by atoms with van der Waals surface area (Å²) < 4.78 is 0. The Labute approximate surface area is 288 Å². The largest absolute Gasteiger partial charge is 0.481 e. The van der Waals surface area contributed by atoms with Crippen LogP contribution in [0, 0.1) is 0 Å². The molecule has 0 aliphatic carbocycles. The van der Waals surface area contributed by atoms with Crippen LogP contribution in [-0.4, -0.2) is 22.2 Å². The first-order valence-corrected chi connectivity index (χ1v) is 21.1. The Balaban J connectivity index is 3.05. The Morgan fingerprint density at radius 1 is 0.196 bits per heavy atom. The van der Waals surface area contributed by atoms with Crippen LogP contribution in [0.3, 0.4) is 0 Å². The molecule has 4 nitrogen and oxygen atoms in total. The van der Waals surface area contributed by atoms with Gasteiger partial charge >= 0.3 is 11.9 Å². The molecule has 0 aliphatic rings. The van der Waals surface area contributed by atoms with E-state index in [1.165, 1.54) is 218 Å². The summed E-state index contributed by atoms with van der Waals surface area (Å²) >= 11 is 0. The summed E-state index contributed by atoms with van der Waals surface area (Å²) in [6, 6.07) is 0. The highest BCUT2D eigenvalue weighted by Gasteiger charge is 2.00. The molecule has 274 valence electrons. The van der Waals surface area contributed by atoms with Crippen molar-refractivity contribution in [1.29, 1.82) is 0 Å². The zero-order valence-corrected chi connectivity index (χ0v) is 31.0. The van der Waals surface area contributed by atoms with Gasteiger partial charge in [-0.3, -0.25) is 9.59 Å². The summed E-state index contributed by atoms with van der Waals surface area (Å²) in [7, 11) is 0. The van der Waals surface area contributed by atoms with Gasteiger partial charge in [-0.1, -0.05) is 231 Å². The van der Waals surface area contributed by atoms with Gasteiger partial charge in [-0.15, -0.1) is 0 Å². The predicted octanol–water partition coefficient (Wildman–Crippen LogP) is 14.8. The summed E-state index contributed by atoms with van der Waals surface area (Å²) in [6.07, 6.45) is 52.4. The molecule has 0 radical (unpaired) electrons. The van der Waals surface area contributed by atoms with Gasteiger partial charge in [0.25, 0.3) is 0 Å². The second-order valence-corrected chi connectivity index (χ2v) is 14.7. The van der Waals surface area contributed by atoms with E-state index in [2.05, 4.69) is 0 Å². The van der Waals surface area contributed by atoms with Crippen molar-refractivity contribution in [2.75, 3.05) is 0 Å². The summed E-state index contributed by atoms with van der Waals surface area (Å²) in [5.74, 6) is -1.30. The normalized spacial score (nSPS) is 11.4. The number of hydrogen-bond donors (Lipinski definition) is 2. The van der Waals surface area contributed by atoms with Gasteiger partial charge in [-0.25, -0.2) is 0 Å². The van der Waals surface area contributed by atoms with Crippen LogP contribution >= 0.6 is 0 Å². The van der Waals surface area contributed by atoms with Crippen molar-refractivity contribution in [1.82, 2.24) is 0 Å². The highest BCUT2D eigenvalue weighted by atomic mass is 16.4. The third-order valence-electron chi connectivity index (χ3n) is 10.0. The number of carbonyl (C=O) groups is 2. The van der Waals surface area contributed by atoms with E-state index in [0.717, 1.165) is 25.7 Å². The molecule has 0 saturated heterocycles. The Morgan fingerprint density at radius 2 is 0.283 bits per heavy atom.